The van der Waals surface area contributed by atoms with E-state index in [-0.39, 0.29) is 11.6 Å². The molecule has 0 saturated heterocycles. The van der Waals surface area contributed by atoms with Gasteiger partial charge in [0, 0.05) is 11.5 Å². The Morgan fingerprint density at radius 3 is 2.80 bits per heavy atom. The van der Waals surface area contributed by atoms with E-state index in [4.69, 9.17) is 4.74 Å². The minimum Gasteiger partial charge on any atom is -0.483 e. The molecule has 0 radical (unpaired) electrons. The van der Waals surface area contributed by atoms with Gasteiger partial charge in [-0.1, -0.05) is 47.7 Å². The summed E-state index contributed by atoms with van der Waals surface area (Å²) in [5.74, 6) is 0.196. The Morgan fingerprint density at radius 2 is 2.00 bits per heavy atom. The monoisotopic (exact) mass is 355 g/mol. The van der Waals surface area contributed by atoms with Crippen molar-refractivity contribution in [2.75, 3.05) is 6.61 Å². The van der Waals surface area contributed by atoms with E-state index in [1.807, 2.05) is 36.4 Å². The molecule has 1 heterocycles. The average Bonchev–Trinajstić information content (AvgIpc) is 3.09. The van der Waals surface area contributed by atoms with Gasteiger partial charge in [0.15, 0.2) is 6.61 Å². The summed E-state index contributed by atoms with van der Waals surface area (Å²) in [5.41, 5.74) is 2.33. The second-order valence-electron chi connectivity index (χ2n) is 4.99. The highest BCUT2D eigenvalue weighted by Crippen LogP contribution is 2.25. The molecule has 0 aliphatic carbocycles. The summed E-state index contributed by atoms with van der Waals surface area (Å²) < 4.78 is 5.55. The third kappa shape index (κ3) is 4.18. The minimum absolute atomic E-state index is 0.0204. The van der Waals surface area contributed by atoms with Crippen molar-refractivity contribution in [1.82, 2.24) is 5.43 Å². The molecule has 1 N–H and O–H groups in total. The first kappa shape index (κ1) is 16.6. The topological polar surface area (TPSA) is 93.8 Å². The number of rotatable bonds is 6. The molecule has 0 aliphatic heterocycles. The summed E-state index contributed by atoms with van der Waals surface area (Å²) >= 11 is 0.973. The second kappa shape index (κ2) is 7.54. The van der Waals surface area contributed by atoms with Gasteiger partial charge in [0.2, 0.25) is 0 Å². The van der Waals surface area contributed by atoms with Gasteiger partial charge in [-0.3, -0.25) is 14.9 Å². The number of carbonyl (C=O) groups is 1. The van der Waals surface area contributed by atoms with E-state index >= 15 is 0 Å². The lowest BCUT2D eigenvalue weighted by atomic mass is 10.1. The van der Waals surface area contributed by atoms with Crippen molar-refractivity contribution in [2.45, 2.75) is 0 Å². The highest BCUT2D eigenvalue weighted by molar-refractivity contribution is 7.16. The van der Waals surface area contributed by atoms with Gasteiger partial charge in [-0.25, -0.2) is 5.43 Å². The van der Waals surface area contributed by atoms with Crippen LogP contribution in [0.3, 0.4) is 0 Å². The molecule has 126 valence electrons. The number of nitrogens with one attached hydrogen (secondary N) is 1. The number of nitro groups is 1. The quantitative estimate of drug-likeness (QED) is 0.417. The molecule has 3 aromatic rings. The first-order chi connectivity index (χ1) is 12.1. The Kier molecular flexibility index (Phi) is 5.00. The molecule has 2 aromatic carbocycles. The molecule has 25 heavy (non-hydrogen) atoms. The summed E-state index contributed by atoms with van der Waals surface area (Å²) in [6.07, 6.45) is 1.35. The zero-order chi connectivity index (χ0) is 17.6. The smallest absolute Gasteiger partial charge is 0.324 e. The van der Waals surface area contributed by atoms with Crippen LogP contribution in [-0.2, 0) is 4.79 Å². The van der Waals surface area contributed by atoms with Gasteiger partial charge in [-0.15, -0.1) is 0 Å². The lowest BCUT2D eigenvalue weighted by Crippen LogP contribution is -2.24. The van der Waals surface area contributed by atoms with Gasteiger partial charge >= 0.3 is 5.00 Å². The summed E-state index contributed by atoms with van der Waals surface area (Å²) in [6, 6.07) is 16.3. The zero-order valence-electron chi connectivity index (χ0n) is 12.9. The highest BCUT2D eigenvalue weighted by Gasteiger charge is 2.08. The fourth-order valence-corrected chi connectivity index (χ4v) is 2.87. The van der Waals surface area contributed by atoms with Crippen LogP contribution < -0.4 is 10.2 Å². The molecule has 7 nitrogen and oxygen atoms in total. The molecular formula is C17H13N3O4S. The highest BCUT2D eigenvalue weighted by atomic mass is 32.1. The fraction of sp³-hybridized carbons (Fsp3) is 0.0588. The van der Waals surface area contributed by atoms with Gasteiger partial charge in [-0.2, -0.15) is 5.10 Å². The standard InChI is InChI=1S/C17H13N3O4S/c21-16(19-18-10-13-8-9-17(25-13)20(22)23)11-24-15-7-3-5-12-4-1-2-6-14(12)15/h1-10H,11H2,(H,19,21). The van der Waals surface area contributed by atoms with E-state index < -0.39 is 10.8 Å². The molecule has 8 heteroatoms. The van der Waals surface area contributed by atoms with Crippen LogP contribution in [0, 0.1) is 10.1 Å². The number of hydrazone groups is 1. The number of benzene rings is 2. The van der Waals surface area contributed by atoms with E-state index in [1.165, 1.54) is 12.3 Å². The number of nitrogens with zero attached hydrogens (tertiary/aromatic N) is 2. The number of carbonyl (C=O) groups excluding carboxylic acids is 1. The third-order valence-electron chi connectivity index (χ3n) is 3.28. The number of ether oxygens (including phenoxy) is 1. The largest absolute Gasteiger partial charge is 0.483 e. The van der Waals surface area contributed by atoms with Crippen LogP contribution in [0.2, 0.25) is 0 Å². The molecule has 0 bridgehead atoms. The summed E-state index contributed by atoms with van der Waals surface area (Å²) in [4.78, 5) is 22.5. The Balaban J connectivity index is 1.55. The summed E-state index contributed by atoms with van der Waals surface area (Å²) in [7, 11) is 0. The fourth-order valence-electron chi connectivity index (χ4n) is 2.17. The Bertz CT molecular complexity index is 946. The predicted molar refractivity (Wildman–Crippen MR) is 96.2 cm³/mol. The first-order valence-corrected chi connectivity index (χ1v) is 8.12. The molecule has 0 unspecified atom stereocenters. The number of thiophene rings is 1. The van der Waals surface area contributed by atoms with Crippen molar-refractivity contribution in [3.63, 3.8) is 0 Å². The molecule has 3 rings (SSSR count). The van der Waals surface area contributed by atoms with Gasteiger partial charge in [0.25, 0.3) is 5.91 Å². The Morgan fingerprint density at radius 1 is 1.20 bits per heavy atom. The molecule has 1 amide bonds. The molecule has 0 aliphatic rings. The van der Waals surface area contributed by atoms with Crippen molar-refractivity contribution in [3.05, 3.63) is 69.6 Å². The van der Waals surface area contributed by atoms with Crippen LogP contribution in [0.25, 0.3) is 10.8 Å². The van der Waals surface area contributed by atoms with Gasteiger partial charge in [0.1, 0.15) is 5.75 Å². The molecule has 0 fully saturated rings. The molecule has 0 spiro atoms. The van der Waals surface area contributed by atoms with Crippen LogP contribution >= 0.6 is 11.3 Å². The zero-order valence-corrected chi connectivity index (χ0v) is 13.7. The maximum absolute atomic E-state index is 11.8. The molecule has 1 aromatic heterocycles. The van der Waals surface area contributed by atoms with Crippen LogP contribution in [0.15, 0.2) is 59.7 Å². The average molecular weight is 355 g/mol. The maximum Gasteiger partial charge on any atom is 0.324 e. The molecule has 0 saturated carbocycles. The number of amides is 1. The second-order valence-corrected chi connectivity index (χ2v) is 6.09. The van der Waals surface area contributed by atoms with Crippen molar-refractivity contribution in [2.24, 2.45) is 5.10 Å². The van der Waals surface area contributed by atoms with Crippen LogP contribution in [0.1, 0.15) is 4.88 Å². The molecular weight excluding hydrogens is 342 g/mol. The predicted octanol–water partition coefficient (Wildman–Crippen LogP) is 3.34. The van der Waals surface area contributed by atoms with Crippen LogP contribution in [0.4, 0.5) is 5.00 Å². The lowest BCUT2D eigenvalue weighted by molar-refractivity contribution is -0.380. The number of hydrogen-bond acceptors (Lipinski definition) is 6. The lowest BCUT2D eigenvalue weighted by Gasteiger charge is -2.08. The van der Waals surface area contributed by atoms with E-state index in [2.05, 4.69) is 10.5 Å². The maximum atomic E-state index is 11.8. The Labute approximate surface area is 146 Å². The van der Waals surface area contributed by atoms with Crippen molar-refractivity contribution in [3.8, 4) is 5.75 Å². The number of fused-ring (bicyclic) bond motifs is 1. The van der Waals surface area contributed by atoms with Crippen LogP contribution in [0.5, 0.6) is 5.75 Å². The Hall–Kier alpha value is -3.26. The van der Waals surface area contributed by atoms with Gasteiger partial charge in [0.05, 0.1) is 16.0 Å². The van der Waals surface area contributed by atoms with E-state index in [0.29, 0.717) is 10.6 Å². The summed E-state index contributed by atoms with van der Waals surface area (Å²) in [5, 5.41) is 16.3. The SMILES string of the molecule is O=C(COc1cccc2ccccc12)NN=Cc1ccc([N+](=O)[O-])s1. The third-order valence-corrected chi connectivity index (χ3v) is 4.25. The van der Waals surface area contributed by atoms with Gasteiger partial charge < -0.3 is 4.74 Å². The van der Waals surface area contributed by atoms with Crippen molar-refractivity contribution in [1.29, 1.82) is 0 Å². The van der Waals surface area contributed by atoms with E-state index in [1.54, 1.807) is 12.1 Å². The van der Waals surface area contributed by atoms with E-state index in [9.17, 15) is 14.9 Å². The molecule has 0 atom stereocenters. The van der Waals surface area contributed by atoms with Gasteiger partial charge in [-0.05, 0) is 17.5 Å². The normalized spacial score (nSPS) is 10.9. The van der Waals surface area contributed by atoms with Crippen molar-refractivity contribution < 1.29 is 14.5 Å². The first-order valence-electron chi connectivity index (χ1n) is 7.30. The summed E-state index contributed by atoms with van der Waals surface area (Å²) in [6.45, 7) is -0.185. The van der Waals surface area contributed by atoms with Crippen molar-refractivity contribution >= 4 is 39.2 Å². The minimum atomic E-state index is -0.474. The number of hydrogen-bond donors (Lipinski definition) is 1. The van der Waals surface area contributed by atoms with Crippen LogP contribution in [-0.4, -0.2) is 23.7 Å². The van der Waals surface area contributed by atoms with E-state index in [0.717, 1.165) is 22.1 Å².